The first kappa shape index (κ1) is 14.0. The Labute approximate surface area is 115 Å². The zero-order chi connectivity index (χ0) is 13.8. The van der Waals surface area contributed by atoms with Crippen molar-refractivity contribution in [2.45, 2.75) is 32.8 Å². The van der Waals surface area contributed by atoms with Crippen LogP contribution in [-0.4, -0.2) is 30.9 Å². The topological polar surface area (TPSA) is 58.7 Å². The number of aliphatic hydroxyl groups is 1. The molecule has 0 unspecified atom stereocenters. The molecule has 3 N–H and O–H groups in total. The van der Waals surface area contributed by atoms with Gasteiger partial charge in [0.2, 0.25) is 0 Å². The van der Waals surface area contributed by atoms with Crippen molar-refractivity contribution in [3.63, 3.8) is 0 Å². The molecular formula is C15H24N2O2. The Morgan fingerprint density at radius 1 is 1.37 bits per heavy atom. The summed E-state index contributed by atoms with van der Waals surface area (Å²) in [4.78, 5) is 2.33. The molecule has 4 nitrogen and oxygen atoms in total. The lowest BCUT2D eigenvalue weighted by Gasteiger charge is -2.33. The van der Waals surface area contributed by atoms with E-state index >= 15 is 0 Å². The molecule has 0 saturated carbocycles. The molecule has 0 atom stereocenters. The highest BCUT2D eigenvalue weighted by Gasteiger charge is 2.19. The van der Waals surface area contributed by atoms with Crippen LogP contribution in [0.1, 0.15) is 26.7 Å². The number of piperidine rings is 1. The predicted octanol–water partition coefficient (Wildman–Crippen LogP) is 2.26. The van der Waals surface area contributed by atoms with Crippen LogP contribution in [0.4, 0.5) is 11.4 Å². The first-order valence-electron chi connectivity index (χ1n) is 7.02. The number of aliphatic hydroxyl groups excluding tert-OH is 1. The second-order valence-corrected chi connectivity index (χ2v) is 5.50. The number of ether oxygens (including phenoxy) is 1. The lowest BCUT2D eigenvalue weighted by Crippen LogP contribution is -2.34. The van der Waals surface area contributed by atoms with E-state index in [0.717, 1.165) is 37.4 Å². The standard InChI is InChI=1S/C15H24N2O2/c1-11(2)19-15-9-13(3-4-14(15)16)17-7-5-12(10-18)6-8-17/h3-4,9,11-12,18H,5-8,10,16H2,1-2H3. The van der Waals surface area contributed by atoms with Crippen LogP contribution in [0.2, 0.25) is 0 Å². The minimum Gasteiger partial charge on any atom is -0.489 e. The van der Waals surface area contributed by atoms with Gasteiger partial charge in [0.05, 0.1) is 11.8 Å². The molecule has 0 aromatic heterocycles. The number of hydrogen-bond donors (Lipinski definition) is 2. The molecule has 0 radical (unpaired) electrons. The van der Waals surface area contributed by atoms with Gasteiger partial charge in [0.25, 0.3) is 0 Å². The largest absolute Gasteiger partial charge is 0.489 e. The number of anilines is 2. The molecule has 1 heterocycles. The van der Waals surface area contributed by atoms with E-state index in [2.05, 4.69) is 4.90 Å². The second-order valence-electron chi connectivity index (χ2n) is 5.50. The molecule has 19 heavy (non-hydrogen) atoms. The van der Waals surface area contributed by atoms with E-state index in [9.17, 15) is 5.11 Å². The molecule has 1 aliphatic rings. The van der Waals surface area contributed by atoms with Gasteiger partial charge in [-0.25, -0.2) is 0 Å². The van der Waals surface area contributed by atoms with Crippen LogP contribution in [0.5, 0.6) is 5.75 Å². The molecule has 2 rings (SSSR count). The summed E-state index contributed by atoms with van der Waals surface area (Å²) in [7, 11) is 0. The summed E-state index contributed by atoms with van der Waals surface area (Å²) in [5, 5.41) is 9.17. The van der Waals surface area contributed by atoms with Crippen molar-refractivity contribution in [2.24, 2.45) is 5.92 Å². The molecule has 0 bridgehead atoms. The zero-order valence-electron chi connectivity index (χ0n) is 11.8. The van der Waals surface area contributed by atoms with E-state index < -0.39 is 0 Å². The molecule has 0 aliphatic carbocycles. The van der Waals surface area contributed by atoms with Gasteiger partial charge < -0.3 is 20.5 Å². The van der Waals surface area contributed by atoms with Crippen molar-refractivity contribution in [1.29, 1.82) is 0 Å². The smallest absolute Gasteiger partial charge is 0.144 e. The molecule has 0 amide bonds. The average Bonchev–Trinajstić information content (AvgIpc) is 2.41. The van der Waals surface area contributed by atoms with Crippen molar-refractivity contribution in [3.05, 3.63) is 18.2 Å². The summed E-state index contributed by atoms with van der Waals surface area (Å²) in [6, 6.07) is 5.97. The van der Waals surface area contributed by atoms with Crippen LogP contribution in [0.15, 0.2) is 18.2 Å². The Kier molecular flexibility index (Phi) is 4.53. The maximum Gasteiger partial charge on any atom is 0.144 e. The fourth-order valence-corrected chi connectivity index (χ4v) is 2.45. The fourth-order valence-electron chi connectivity index (χ4n) is 2.45. The molecule has 106 valence electrons. The van der Waals surface area contributed by atoms with Crippen LogP contribution >= 0.6 is 0 Å². The highest BCUT2D eigenvalue weighted by molar-refractivity contribution is 5.62. The van der Waals surface area contributed by atoms with E-state index in [1.165, 1.54) is 0 Å². The Hall–Kier alpha value is -1.42. The Morgan fingerprint density at radius 3 is 2.63 bits per heavy atom. The van der Waals surface area contributed by atoms with E-state index in [4.69, 9.17) is 10.5 Å². The van der Waals surface area contributed by atoms with E-state index in [1.54, 1.807) is 0 Å². The van der Waals surface area contributed by atoms with Crippen molar-refractivity contribution < 1.29 is 9.84 Å². The number of nitrogens with two attached hydrogens (primary N) is 1. The van der Waals surface area contributed by atoms with E-state index in [1.807, 2.05) is 32.0 Å². The number of benzene rings is 1. The van der Waals surface area contributed by atoms with Crippen LogP contribution in [0.25, 0.3) is 0 Å². The Morgan fingerprint density at radius 2 is 2.05 bits per heavy atom. The van der Waals surface area contributed by atoms with Crippen molar-refractivity contribution >= 4 is 11.4 Å². The van der Waals surface area contributed by atoms with Gasteiger partial charge in [0.15, 0.2) is 0 Å². The molecule has 4 heteroatoms. The summed E-state index contributed by atoms with van der Waals surface area (Å²) in [6.45, 7) is 6.27. The van der Waals surface area contributed by atoms with E-state index in [0.29, 0.717) is 18.2 Å². The monoisotopic (exact) mass is 264 g/mol. The first-order chi connectivity index (χ1) is 9.10. The number of rotatable bonds is 4. The van der Waals surface area contributed by atoms with Crippen molar-refractivity contribution in [3.8, 4) is 5.75 Å². The lowest BCUT2D eigenvalue weighted by molar-refractivity contribution is 0.203. The number of nitrogen functional groups attached to an aromatic ring is 1. The third kappa shape index (κ3) is 3.53. The van der Waals surface area contributed by atoms with Crippen LogP contribution in [0, 0.1) is 5.92 Å². The molecule has 1 aromatic rings. The minimum atomic E-state index is 0.123. The zero-order valence-corrected chi connectivity index (χ0v) is 11.8. The highest BCUT2D eigenvalue weighted by Crippen LogP contribution is 2.30. The Bertz CT molecular complexity index is 413. The normalized spacial score (nSPS) is 16.9. The number of hydrogen-bond acceptors (Lipinski definition) is 4. The third-order valence-electron chi connectivity index (χ3n) is 3.60. The SMILES string of the molecule is CC(C)Oc1cc(N2CCC(CO)CC2)ccc1N. The van der Waals surface area contributed by atoms with Gasteiger partial charge in [-0.15, -0.1) is 0 Å². The van der Waals surface area contributed by atoms with Gasteiger partial charge >= 0.3 is 0 Å². The number of nitrogens with zero attached hydrogens (tertiary/aromatic N) is 1. The van der Waals surface area contributed by atoms with Crippen LogP contribution < -0.4 is 15.4 Å². The molecule has 1 aromatic carbocycles. The average molecular weight is 264 g/mol. The van der Waals surface area contributed by atoms with Gasteiger partial charge in [-0.2, -0.15) is 0 Å². The minimum absolute atomic E-state index is 0.123. The van der Waals surface area contributed by atoms with Gasteiger partial charge in [-0.1, -0.05) is 0 Å². The molecule has 1 saturated heterocycles. The lowest BCUT2D eigenvalue weighted by atomic mass is 9.97. The summed E-state index contributed by atoms with van der Waals surface area (Å²) in [6.07, 6.45) is 2.21. The summed E-state index contributed by atoms with van der Waals surface area (Å²) < 4.78 is 5.73. The highest BCUT2D eigenvalue weighted by atomic mass is 16.5. The molecular weight excluding hydrogens is 240 g/mol. The van der Waals surface area contributed by atoms with Crippen LogP contribution in [-0.2, 0) is 0 Å². The third-order valence-corrected chi connectivity index (χ3v) is 3.60. The van der Waals surface area contributed by atoms with Crippen molar-refractivity contribution in [1.82, 2.24) is 0 Å². The van der Waals surface area contributed by atoms with E-state index in [-0.39, 0.29) is 6.10 Å². The molecule has 0 spiro atoms. The van der Waals surface area contributed by atoms with Gasteiger partial charge in [0.1, 0.15) is 5.75 Å². The summed E-state index contributed by atoms with van der Waals surface area (Å²) in [5.74, 6) is 1.22. The second kappa shape index (κ2) is 6.15. The molecule has 1 aliphatic heterocycles. The van der Waals surface area contributed by atoms with Gasteiger partial charge in [0, 0.05) is 31.5 Å². The summed E-state index contributed by atoms with van der Waals surface area (Å²) in [5.41, 5.74) is 7.77. The quantitative estimate of drug-likeness (QED) is 0.819. The van der Waals surface area contributed by atoms with Crippen LogP contribution in [0.3, 0.4) is 0 Å². The fraction of sp³-hybridized carbons (Fsp3) is 0.600. The summed E-state index contributed by atoms with van der Waals surface area (Å²) >= 11 is 0. The maximum atomic E-state index is 9.17. The maximum absolute atomic E-state index is 9.17. The molecule has 1 fully saturated rings. The Balaban J connectivity index is 2.08. The van der Waals surface area contributed by atoms with Crippen molar-refractivity contribution in [2.75, 3.05) is 30.3 Å². The predicted molar refractivity (Wildman–Crippen MR) is 78.6 cm³/mol. The first-order valence-corrected chi connectivity index (χ1v) is 7.02. The van der Waals surface area contributed by atoms with Gasteiger partial charge in [-0.05, 0) is 44.7 Å². The van der Waals surface area contributed by atoms with Gasteiger partial charge in [-0.3, -0.25) is 0 Å².